The summed E-state index contributed by atoms with van der Waals surface area (Å²) < 4.78 is 15.6. The molecular formula is C15H15NO5. The van der Waals surface area contributed by atoms with Gasteiger partial charge in [0, 0.05) is 5.56 Å². The Bertz CT molecular complexity index is 648. The van der Waals surface area contributed by atoms with Crippen molar-refractivity contribution in [2.45, 2.75) is 12.5 Å². The second-order valence-electron chi connectivity index (χ2n) is 5.00. The first-order chi connectivity index (χ1) is 10.1. The van der Waals surface area contributed by atoms with Crippen molar-refractivity contribution in [3.63, 3.8) is 0 Å². The molecule has 3 rings (SSSR count). The van der Waals surface area contributed by atoms with Gasteiger partial charge in [-0.3, -0.25) is 4.79 Å². The minimum atomic E-state index is -1.27. The number of amides is 1. The van der Waals surface area contributed by atoms with Crippen molar-refractivity contribution in [2.75, 3.05) is 13.3 Å². The monoisotopic (exact) mass is 289 g/mol. The molecule has 21 heavy (non-hydrogen) atoms. The molecule has 2 heterocycles. The van der Waals surface area contributed by atoms with Gasteiger partial charge < -0.3 is 24.3 Å². The summed E-state index contributed by atoms with van der Waals surface area (Å²) in [5.41, 5.74) is -0.829. The van der Waals surface area contributed by atoms with Crippen LogP contribution in [0.15, 0.2) is 41.0 Å². The molecule has 2 N–H and O–H groups in total. The zero-order chi connectivity index (χ0) is 14.9. The highest BCUT2D eigenvalue weighted by Gasteiger charge is 2.27. The molecule has 0 spiro atoms. The Labute approximate surface area is 121 Å². The predicted molar refractivity (Wildman–Crippen MR) is 73.2 cm³/mol. The molecule has 1 aliphatic rings. The first kappa shape index (κ1) is 13.5. The quantitative estimate of drug-likeness (QED) is 0.894. The largest absolute Gasteiger partial charge is 0.466 e. The maximum absolute atomic E-state index is 12.1. The van der Waals surface area contributed by atoms with Gasteiger partial charge in [-0.15, -0.1) is 0 Å². The van der Waals surface area contributed by atoms with E-state index in [0.29, 0.717) is 22.8 Å². The number of hydrogen-bond donors (Lipinski definition) is 2. The Kier molecular flexibility index (Phi) is 3.31. The van der Waals surface area contributed by atoms with Gasteiger partial charge in [-0.05, 0) is 37.3 Å². The number of nitrogens with one attached hydrogen (secondary N) is 1. The minimum absolute atomic E-state index is 0.0355. The molecular weight excluding hydrogens is 274 g/mol. The van der Waals surface area contributed by atoms with Crippen LogP contribution in [-0.4, -0.2) is 24.4 Å². The molecule has 0 bridgehead atoms. The molecule has 1 amide bonds. The zero-order valence-electron chi connectivity index (χ0n) is 11.5. The number of hydrogen-bond acceptors (Lipinski definition) is 5. The number of aliphatic hydroxyl groups is 1. The number of benzene rings is 1. The van der Waals surface area contributed by atoms with E-state index in [9.17, 15) is 9.90 Å². The van der Waals surface area contributed by atoms with Crippen molar-refractivity contribution in [3.05, 3.63) is 47.9 Å². The van der Waals surface area contributed by atoms with Gasteiger partial charge in [-0.1, -0.05) is 0 Å². The van der Waals surface area contributed by atoms with Crippen molar-refractivity contribution in [1.29, 1.82) is 0 Å². The second kappa shape index (κ2) is 5.14. The zero-order valence-corrected chi connectivity index (χ0v) is 11.5. The fourth-order valence-corrected chi connectivity index (χ4v) is 2.06. The molecule has 6 nitrogen and oxygen atoms in total. The lowest BCUT2D eigenvalue weighted by molar-refractivity contribution is 0.0330. The first-order valence-corrected chi connectivity index (χ1v) is 6.50. The fraction of sp³-hybridized carbons (Fsp3) is 0.267. The summed E-state index contributed by atoms with van der Waals surface area (Å²) in [4.78, 5) is 12.1. The van der Waals surface area contributed by atoms with Crippen LogP contribution in [-0.2, 0) is 5.60 Å². The van der Waals surface area contributed by atoms with E-state index < -0.39 is 5.60 Å². The molecule has 0 saturated heterocycles. The van der Waals surface area contributed by atoms with Crippen LogP contribution < -0.4 is 14.8 Å². The average molecular weight is 289 g/mol. The predicted octanol–water partition coefficient (Wildman–Crippen LogP) is 1.65. The summed E-state index contributed by atoms with van der Waals surface area (Å²) in [5, 5.41) is 12.9. The number of rotatable bonds is 4. The summed E-state index contributed by atoms with van der Waals surface area (Å²) >= 11 is 0. The molecule has 0 aliphatic carbocycles. The smallest absolute Gasteiger partial charge is 0.251 e. The topological polar surface area (TPSA) is 80.9 Å². The molecule has 110 valence electrons. The van der Waals surface area contributed by atoms with Gasteiger partial charge in [-0.25, -0.2) is 0 Å². The van der Waals surface area contributed by atoms with Crippen molar-refractivity contribution in [1.82, 2.24) is 5.32 Å². The highest BCUT2D eigenvalue weighted by molar-refractivity contribution is 5.95. The second-order valence-corrected chi connectivity index (χ2v) is 5.00. The molecule has 0 saturated carbocycles. The summed E-state index contributed by atoms with van der Waals surface area (Å²) in [7, 11) is 0. The van der Waals surface area contributed by atoms with E-state index >= 15 is 0 Å². The van der Waals surface area contributed by atoms with Crippen molar-refractivity contribution in [3.8, 4) is 11.5 Å². The van der Waals surface area contributed by atoms with E-state index in [1.165, 1.54) is 6.26 Å². The van der Waals surface area contributed by atoms with Crippen molar-refractivity contribution in [2.24, 2.45) is 0 Å². The Hall–Kier alpha value is -2.47. The van der Waals surface area contributed by atoms with Crippen LogP contribution in [0.5, 0.6) is 11.5 Å². The van der Waals surface area contributed by atoms with Gasteiger partial charge in [-0.2, -0.15) is 0 Å². The van der Waals surface area contributed by atoms with Gasteiger partial charge in [0.2, 0.25) is 6.79 Å². The standard InChI is InChI=1S/C15H15NO5/c1-15(18,13-3-2-6-19-13)8-16-14(17)10-4-5-11-12(7-10)21-9-20-11/h2-7,18H,8-9H2,1H3,(H,16,17). The van der Waals surface area contributed by atoms with E-state index in [-0.39, 0.29) is 19.2 Å². The normalized spacial score (nSPS) is 15.5. The van der Waals surface area contributed by atoms with Crippen LogP contribution >= 0.6 is 0 Å². The van der Waals surface area contributed by atoms with Gasteiger partial charge in [0.25, 0.3) is 5.91 Å². The van der Waals surface area contributed by atoms with Crippen LogP contribution in [0.3, 0.4) is 0 Å². The number of carbonyl (C=O) groups is 1. The van der Waals surface area contributed by atoms with Gasteiger partial charge in [0.15, 0.2) is 11.5 Å². The maximum Gasteiger partial charge on any atom is 0.251 e. The van der Waals surface area contributed by atoms with Crippen molar-refractivity contribution >= 4 is 5.91 Å². The van der Waals surface area contributed by atoms with E-state index in [2.05, 4.69) is 5.32 Å². The minimum Gasteiger partial charge on any atom is -0.466 e. The fourth-order valence-electron chi connectivity index (χ4n) is 2.06. The Morgan fingerprint density at radius 3 is 2.90 bits per heavy atom. The number of carbonyl (C=O) groups excluding carboxylic acids is 1. The number of fused-ring (bicyclic) bond motifs is 1. The molecule has 0 fully saturated rings. The first-order valence-electron chi connectivity index (χ1n) is 6.50. The van der Waals surface area contributed by atoms with E-state index in [0.717, 1.165) is 0 Å². The molecule has 1 aromatic carbocycles. The summed E-state index contributed by atoms with van der Waals surface area (Å²) in [5.74, 6) is 1.25. The third-order valence-corrected chi connectivity index (χ3v) is 3.28. The summed E-state index contributed by atoms with van der Waals surface area (Å²) in [6, 6.07) is 8.28. The van der Waals surface area contributed by atoms with Crippen LogP contribution in [0.4, 0.5) is 0 Å². The Morgan fingerprint density at radius 2 is 2.14 bits per heavy atom. The average Bonchev–Trinajstić information content (AvgIpc) is 3.14. The molecule has 2 aromatic rings. The van der Waals surface area contributed by atoms with E-state index in [1.54, 1.807) is 37.3 Å². The van der Waals surface area contributed by atoms with Crippen LogP contribution in [0, 0.1) is 0 Å². The summed E-state index contributed by atoms with van der Waals surface area (Å²) in [6.07, 6.45) is 1.48. The van der Waals surface area contributed by atoms with Crippen LogP contribution in [0.2, 0.25) is 0 Å². The van der Waals surface area contributed by atoms with Crippen molar-refractivity contribution < 1.29 is 23.8 Å². The third kappa shape index (κ3) is 2.71. The molecule has 1 atom stereocenters. The lowest BCUT2D eigenvalue weighted by atomic mass is 10.0. The molecule has 1 aliphatic heterocycles. The van der Waals surface area contributed by atoms with E-state index in [4.69, 9.17) is 13.9 Å². The molecule has 0 radical (unpaired) electrons. The highest BCUT2D eigenvalue weighted by atomic mass is 16.7. The summed E-state index contributed by atoms with van der Waals surface area (Å²) in [6.45, 7) is 1.77. The SMILES string of the molecule is CC(O)(CNC(=O)c1ccc2c(c1)OCO2)c1ccco1. The molecule has 1 aromatic heterocycles. The number of furan rings is 1. The van der Waals surface area contributed by atoms with E-state index in [1.807, 2.05) is 0 Å². The van der Waals surface area contributed by atoms with Gasteiger partial charge >= 0.3 is 0 Å². The maximum atomic E-state index is 12.1. The third-order valence-electron chi connectivity index (χ3n) is 3.28. The Morgan fingerprint density at radius 1 is 1.33 bits per heavy atom. The molecule has 6 heteroatoms. The van der Waals surface area contributed by atoms with Gasteiger partial charge in [0.1, 0.15) is 11.4 Å². The lowest BCUT2D eigenvalue weighted by Crippen LogP contribution is -2.38. The van der Waals surface area contributed by atoms with Crippen LogP contribution in [0.1, 0.15) is 23.0 Å². The molecule has 1 unspecified atom stereocenters. The van der Waals surface area contributed by atoms with Crippen LogP contribution in [0.25, 0.3) is 0 Å². The number of ether oxygens (including phenoxy) is 2. The van der Waals surface area contributed by atoms with Gasteiger partial charge in [0.05, 0.1) is 12.8 Å². The highest BCUT2D eigenvalue weighted by Crippen LogP contribution is 2.32. The Balaban J connectivity index is 1.67. The lowest BCUT2D eigenvalue weighted by Gasteiger charge is -2.21.